The molecular weight excluding hydrogens is 406 g/mol. The van der Waals surface area contributed by atoms with E-state index in [1.54, 1.807) is 4.57 Å². The van der Waals surface area contributed by atoms with Gasteiger partial charge in [0, 0.05) is 44.3 Å². The number of rotatable bonds is 6. The summed E-state index contributed by atoms with van der Waals surface area (Å²) in [4.78, 5) is 19.3. The number of piperazine rings is 1. The average Bonchev–Trinajstić information content (AvgIpc) is 3.31. The van der Waals surface area contributed by atoms with Crippen LogP contribution < -0.4 is 4.74 Å². The molecule has 0 unspecified atom stereocenters. The maximum atomic E-state index is 10.9. The molecule has 0 N–H and O–H groups in total. The van der Waals surface area contributed by atoms with Gasteiger partial charge in [-0.2, -0.15) is 0 Å². The molecule has 166 valence electrons. The zero-order chi connectivity index (χ0) is 22.1. The van der Waals surface area contributed by atoms with Gasteiger partial charge in [-0.15, -0.1) is 0 Å². The Balaban J connectivity index is 1.11. The van der Waals surface area contributed by atoms with E-state index in [2.05, 4.69) is 63.3 Å². The van der Waals surface area contributed by atoms with Crippen molar-refractivity contribution in [2.75, 3.05) is 32.7 Å². The summed E-state index contributed by atoms with van der Waals surface area (Å²) in [7, 11) is 0. The second-order valence-corrected chi connectivity index (χ2v) is 8.93. The Bertz CT molecular complexity index is 1070. The van der Waals surface area contributed by atoms with Crippen molar-refractivity contribution in [2.24, 2.45) is 0 Å². The Morgan fingerprint density at radius 1 is 1.00 bits per heavy atom. The van der Waals surface area contributed by atoms with E-state index in [9.17, 15) is 10.1 Å². The van der Waals surface area contributed by atoms with Gasteiger partial charge < -0.3 is 14.9 Å². The van der Waals surface area contributed by atoms with E-state index in [1.807, 2.05) is 13.0 Å². The minimum Gasteiger partial charge on any atom is -0.436 e. The third kappa shape index (κ3) is 4.37. The number of fused-ring (bicyclic) bond motifs is 1. The molecular formula is C24H27N5O3. The molecule has 3 heterocycles. The lowest BCUT2D eigenvalue weighted by molar-refractivity contribution is -0.389. The van der Waals surface area contributed by atoms with E-state index in [1.165, 1.54) is 22.9 Å². The van der Waals surface area contributed by atoms with Crippen LogP contribution in [0.2, 0.25) is 0 Å². The standard InChI is InChI=1S/C24H27N5O3/c1-24(18-28-16-22(29(30)31)25-23(28)32-24)17-27-13-11-26(12-14-27)15-19-7-9-21(10-8-19)20-5-3-2-4-6-20/h2-10,16H,11-15,17-18H2,1H3/t24-/m1/s1. The van der Waals surface area contributed by atoms with Crippen molar-refractivity contribution in [3.63, 3.8) is 0 Å². The van der Waals surface area contributed by atoms with Crippen LogP contribution in [0.3, 0.4) is 0 Å². The number of nitrogens with zero attached hydrogens (tertiary/aromatic N) is 5. The molecule has 1 fully saturated rings. The van der Waals surface area contributed by atoms with Gasteiger partial charge in [-0.05, 0) is 28.5 Å². The van der Waals surface area contributed by atoms with Gasteiger partial charge in [-0.25, -0.2) is 0 Å². The molecule has 2 aromatic carbocycles. The third-order valence-electron chi connectivity index (χ3n) is 6.25. The van der Waals surface area contributed by atoms with Crippen molar-refractivity contribution < 1.29 is 9.66 Å². The molecule has 0 amide bonds. The van der Waals surface area contributed by atoms with Gasteiger partial charge in [0.25, 0.3) is 0 Å². The molecule has 2 aliphatic heterocycles. The highest BCUT2D eigenvalue weighted by Crippen LogP contribution is 2.31. The van der Waals surface area contributed by atoms with Crippen molar-refractivity contribution in [2.45, 2.75) is 25.6 Å². The first kappa shape index (κ1) is 20.7. The van der Waals surface area contributed by atoms with Crippen molar-refractivity contribution in [1.82, 2.24) is 19.4 Å². The number of imidazole rings is 1. The van der Waals surface area contributed by atoms with E-state index in [4.69, 9.17) is 4.74 Å². The molecule has 0 saturated carbocycles. The molecule has 8 heteroatoms. The number of hydrogen-bond donors (Lipinski definition) is 0. The van der Waals surface area contributed by atoms with Crippen LogP contribution >= 0.6 is 0 Å². The summed E-state index contributed by atoms with van der Waals surface area (Å²) in [6.07, 6.45) is 1.46. The summed E-state index contributed by atoms with van der Waals surface area (Å²) < 4.78 is 7.73. The Hall–Kier alpha value is -3.23. The molecule has 0 spiro atoms. The molecule has 0 radical (unpaired) electrons. The minimum absolute atomic E-state index is 0.160. The van der Waals surface area contributed by atoms with E-state index in [0.717, 1.165) is 39.3 Å². The van der Waals surface area contributed by atoms with E-state index < -0.39 is 10.5 Å². The SMILES string of the molecule is C[C@@]1(CN2CCN(Cc3ccc(-c4ccccc4)cc3)CC2)Cn2cc([N+](=O)[O-])nc2O1. The smallest absolute Gasteiger partial charge is 0.415 e. The molecule has 3 aromatic rings. The first-order valence-corrected chi connectivity index (χ1v) is 11.0. The Morgan fingerprint density at radius 3 is 2.31 bits per heavy atom. The summed E-state index contributed by atoms with van der Waals surface area (Å²) in [5.74, 6) is -0.160. The molecule has 5 rings (SSSR count). The lowest BCUT2D eigenvalue weighted by Gasteiger charge is -2.38. The summed E-state index contributed by atoms with van der Waals surface area (Å²) in [6, 6.07) is 19.6. The fraction of sp³-hybridized carbons (Fsp3) is 0.375. The predicted molar refractivity (Wildman–Crippen MR) is 122 cm³/mol. The Morgan fingerprint density at radius 2 is 1.66 bits per heavy atom. The molecule has 0 bridgehead atoms. The maximum absolute atomic E-state index is 10.9. The van der Waals surface area contributed by atoms with Crippen LogP contribution in [-0.2, 0) is 13.1 Å². The summed E-state index contributed by atoms with van der Waals surface area (Å²) in [5, 5.41) is 10.9. The third-order valence-corrected chi connectivity index (χ3v) is 6.25. The fourth-order valence-corrected chi connectivity index (χ4v) is 4.63. The van der Waals surface area contributed by atoms with Gasteiger partial charge in [0.15, 0.2) is 0 Å². The minimum atomic E-state index is -0.486. The summed E-state index contributed by atoms with van der Waals surface area (Å²) in [5.41, 5.74) is 3.41. The predicted octanol–water partition coefficient (Wildman–Crippen LogP) is 3.43. The van der Waals surface area contributed by atoms with E-state index in [-0.39, 0.29) is 5.82 Å². The highest BCUT2D eigenvalue weighted by molar-refractivity contribution is 5.63. The highest BCUT2D eigenvalue weighted by atomic mass is 16.6. The second-order valence-electron chi connectivity index (χ2n) is 8.93. The van der Waals surface area contributed by atoms with Crippen LogP contribution in [-0.4, -0.2) is 62.6 Å². The van der Waals surface area contributed by atoms with Gasteiger partial charge in [-0.3, -0.25) is 14.4 Å². The van der Waals surface area contributed by atoms with Crippen LogP contribution in [0.1, 0.15) is 12.5 Å². The molecule has 0 aliphatic carbocycles. The number of benzene rings is 2. The highest BCUT2D eigenvalue weighted by Gasteiger charge is 2.41. The van der Waals surface area contributed by atoms with Crippen molar-refractivity contribution in [3.05, 3.63) is 76.5 Å². The maximum Gasteiger partial charge on any atom is 0.415 e. The average molecular weight is 434 g/mol. The lowest BCUT2D eigenvalue weighted by Crippen LogP contribution is -2.52. The van der Waals surface area contributed by atoms with Crippen LogP contribution in [0.15, 0.2) is 60.8 Å². The topological polar surface area (TPSA) is 76.7 Å². The van der Waals surface area contributed by atoms with E-state index >= 15 is 0 Å². The largest absolute Gasteiger partial charge is 0.436 e. The monoisotopic (exact) mass is 433 g/mol. The van der Waals surface area contributed by atoms with E-state index in [0.29, 0.717) is 12.6 Å². The summed E-state index contributed by atoms with van der Waals surface area (Å²) >= 11 is 0. The molecule has 2 aliphatic rings. The zero-order valence-electron chi connectivity index (χ0n) is 18.2. The van der Waals surface area contributed by atoms with Crippen LogP contribution in [0, 0.1) is 10.1 Å². The number of aromatic nitrogens is 2. The normalized spacial score (nSPS) is 21.3. The van der Waals surface area contributed by atoms with Gasteiger partial charge in [0.05, 0.1) is 6.54 Å². The first-order valence-electron chi connectivity index (χ1n) is 11.0. The number of hydrogen-bond acceptors (Lipinski definition) is 6. The first-order chi connectivity index (χ1) is 15.5. The van der Waals surface area contributed by atoms with Gasteiger partial charge >= 0.3 is 11.8 Å². The van der Waals surface area contributed by atoms with Crippen molar-refractivity contribution in [3.8, 4) is 17.1 Å². The zero-order valence-corrected chi connectivity index (χ0v) is 18.2. The molecule has 1 saturated heterocycles. The molecule has 32 heavy (non-hydrogen) atoms. The Labute approximate surface area is 187 Å². The van der Waals surface area contributed by atoms with Gasteiger partial charge in [0.2, 0.25) is 0 Å². The lowest BCUT2D eigenvalue weighted by atomic mass is 10.0. The van der Waals surface area contributed by atoms with Crippen LogP contribution in [0.25, 0.3) is 11.1 Å². The van der Waals surface area contributed by atoms with Crippen molar-refractivity contribution in [1.29, 1.82) is 0 Å². The molecule has 8 nitrogen and oxygen atoms in total. The summed E-state index contributed by atoms with van der Waals surface area (Å²) in [6.45, 7) is 8.33. The fourth-order valence-electron chi connectivity index (χ4n) is 4.63. The second kappa shape index (κ2) is 8.37. The number of ether oxygens (including phenoxy) is 1. The molecule has 1 aromatic heterocycles. The van der Waals surface area contributed by atoms with Gasteiger partial charge in [-0.1, -0.05) is 54.6 Å². The van der Waals surface area contributed by atoms with Gasteiger partial charge in [0.1, 0.15) is 11.8 Å². The van der Waals surface area contributed by atoms with Crippen molar-refractivity contribution >= 4 is 5.82 Å². The Kier molecular flexibility index (Phi) is 5.40. The van der Waals surface area contributed by atoms with Crippen LogP contribution in [0.5, 0.6) is 6.01 Å². The van der Waals surface area contributed by atoms with Crippen LogP contribution in [0.4, 0.5) is 5.82 Å². The number of nitro groups is 1. The quantitative estimate of drug-likeness (QED) is 0.438. The molecule has 1 atom stereocenters.